The van der Waals surface area contributed by atoms with Gasteiger partial charge in [0.25, 0.3) is 0 Å². The van der Waals surface area contributed by atoms with Gasteiger partial charge in [-0.15, -0.1) is 11.3 Å². The quantitative estimate of drug-likeness (QED) is 0.878. The summed E-state index contributed by atoms with van der Waals surface area (Å²) in [4.78, 5) is 16.8. The molecule has 0 amide bonds. The van der Waals surface area contributed by atoms with Gasteiger partial charge in [-0.2, -0.15) is 0 Å². The maximum absolute atomic E-state index is 11.4. The second kappa shape index (κ2) is 4.53. The summed E-state index contributed by atoms with van der Waals surface area (Å²) in [6.45, 7) is 1.99. The van der Waals surface area contributed by atoms with Crippen molar-refractivity contribution in [3.63, 3.8) is 0 Å². The third-order valence-electron chi connectivity index (χ3n) is 3.69. The molecule has 0 aliphatic heterocycles. The number of aliphatic carboxylic acids is 1. The van der Waals surface area contributed by atoms with Crippen molar-refractivity contribution < 1.29 is 9.90 Å². The molecule has 0 saturated heterocycles. The van der Waals surface area contributed by atoms with Crippen molar-refractivity contribution in [1.82, 2.24) is 4.98 Å². The van der Waals surface area contributed by atoms with Crippen LogP contribution in [0, 0.1) is 12.3 Å². The van der Waals surface area contributed by atoms with Gasteiger partial charge >= 0.3 is 5.97 Å². The van der Waals surface area contributed by atoms with Crippen molar-refractivity contribution in [3.8, 4) is 0 Å². The van der Waals surface area contributed by atoms with Crippen LogP contribution in [0.15, 0.2) is 5.51 Å². The zero-order valence-electron chi connectivity index (χ0n) is 9.53. The van der Waals surface area contributed by atoms with Gasteiger partial charge in [-0.05, 0) is 32.6 Å². The van der Waals surface area contributed by atoms with E-state index in [0.717, 1.165) is 44.2 Å². The third kappa shape index (κ3) is 2.12. The average Bonchev–Trinajstić information content (AvgIpc) is 2.84. The minimum absolute atomic E-state index is 0.448. The molecule has 1 aromatic heterocycles. The molecule has 0 atom stereocenters. The molecule has 0 spiro atoms. The molecule has 88 valence electrons. The highest BCUT2D eigenvalue weighted by atomic mass is 32.1. The number of aryl methyl sites for hydroxylation is 2. The summed E-state index contributed by atoms with van der Waals surface area (Å²) < 4.78 is 0. The number of rotatable bonds is 4. The zero-order chi connectivity index (χ0) is 11.6. The summed E-state index contributed by atoms with van der Waals surface area (Å²) in [7, 11) is 0. The lowest BCUT2D eigenvalue weighted by Gasteiger charge is -2.23. The highest BCUT2D eigenvalue weighted by Gasteiger charge is 2.40. The molecule has 1 N–H and O–H groups in total. The second-order valence-electron chi connectivity index (χ2n) is 4.65. The van der Waals surface area contributed by atoms with Gasteiger partial charge in [-0.3, -0.25) is 4.79 Å². The summed E-state index contributed by atoms with van der Waals surface area (Å²) in [5.74, 6) is -0.604. The first-order valence-corrected chi connectivity index (χ1v) is 6.64. The molecule has 2 rings (SSSR count). The van der Waals surface area contributed by atoms with Crippen LogP contribution < -0.4 is 0 Å². The maximum atomic E-state index is 11.4. The van der Waals surface area contributed by atoms with Crippen LogP contribution in [-0.4, -0.2) is 16.1 Å². The van der Waals surface area contributed by atoms with E-state index in [2.05, 4.69) is 4.98 Å². The average molecular weight is 239 g/mol. The fourth-order valence-electron chi connectivity index (χ4n) is 2.54. The second-order valence-corrected chi connectivity index (χ2v) is 5.59. The molecule has 1 saturated carbocycles. The van der Waals surface area contributed by atoms with Crippen molar-refractivity contribution >= 4 is 17.3 Å². The molecule has 16 heavy (non-hydrogen) atoms. The van der Waals surface area contributed by atoms with E-state index in [9.17, 15) is 9.90 Å². The fourth-order valence-corrected chi connectivity index (χ4v) is 3.32. The molecule has 1 aromatic rings. The number of aromatic nitrogens is 1. The monoisotopic (exact) mass is 239 g/mol. The van der Waals surface area contributed by atoms with E-state index >= 15 is 0 Å². The normalized spacial score (nSPS) is 18.8. The standard InChI is InChI=1S/C12H17NO2S/c1-9-10(16-8-13-9)4-7-12(11(14)15)5-2-3-6-12/h8H,2-7H2,1H3,(H,14,15). The van der Waals surface area contributed by atoms with Crippen LogP contribution in [0.25, 0.3) is 0 Å². The van der Waals surface area contributed by atoms with E-state index in [-0.39, 0.29) is 0 Å². The first-order chi connectivity index (χ1) is 7.64. The minimum atomic E-state index is -0.604. The Morgan fingerprint density at radius 1 is 1.56 bits per heavy atom. The van der Waals surface area contributed by atoms with E-state index in [1.807, 2.05) is 12.4 Å². The van der Waals surface area contributed by atoms with Gasteiger partial charge in [0, 0.05) is 4.88 Å². The Kier molecular flexibility index (Phi) is 3.28. The Labute approximate surface area is 99.5 Å². The van der Waals surface area contributed by atoms with Crippen molar-refractivity contribution in [3.05, 3.63) is 16.1 Å². The van der Waals surface area contributed by atoms with Crippen LogP contribution in [0.1, 0.15) is 42.7 Å². The molecule has 3 nitrogen and oxygen atoms in total. The molecular formula is C12H17NO2S. The smallest absolute Gasteiger partial charge is 0.309 e. The number of carbonyl (C=O) groups is 1. The number of carboxylic acids is 1. The first kappa shape index (κ1) is 11.6. The fraction of sp³-hybridized carbons (Fsp3) is 0.667. The van der Waals surface area contributed by atoms with Crippen molar-refractivity contribution in [2.45, 2.75) is 45.4 Å². The Bertz CT molecular complexity index is 380. The van der Waals surface area contributed by atoms with E-state index in [4.69, 9.17) is 0 Å². The van der Waals surface area contributed by atoms with Gasteiger partial charge in [-0.1, -0.05) is 12.8 Å². The van der Waals surface area contributed by atoms with E-state index in [1.54, 1.807) is 11.3 Å². The lowest BCUT2D eigenvalue weighted by molar-refractivity contribution is -0.149. The van der Waals surface area contributed by atoms with Gasteiger partial charge in [0.05, 0.1) is 16.6 Å². The van der Waals surface area contributed by atoms with Gasteiger partial charge in [0.15, 0.2) is 0 Å². The molecule has 0 bridgehead atoms. The van der Waals surface area contributed by atoms with Gasteiger partial charge in [-0.25, -0.2) is 4.98 Å². The number of nitrogens with zero attached hydrogens (tertiary/aromatic N) is 1. The zero-order valence-corrected chi connectivity index (χ0v) is 10.3. The van der Waals surface area contributed by atoms with Gasteiger partial charge in [0.2, 0.25) is 0 Å². The van der Waals surface area contributed by atoms with E-state index < -0.39 is 11.4 Å². The Morgan fingerprint density at radius 3 is 2.75 bits per heavy atom. The van der Waals surface area contributed by atoms with Crippen molar-refractivity contribution in [2.24, 2.45) is 5.41 Å². The molecular weight excluding hydrogens is 222 g/mol. The number of carboxylic acid groups (broad SMARTS) is 1. The molecule has 1 aliphatic carbocycles. The lowest BCUT2D eigenvalue weighted by atomic mass is 9.81. The van der Waals surface area contributed by atoms with Gasteiger partial charge < -0.3 is 5.11 Å². The SMILES string of the molecule is Cc1ncsc1CCC1(C(=O)O)CCCC1. The Hall–Kier alpha value is -0.900. The largest absolute Gasteiger partial charge is 0.481 e. The first-order valence-electron chi connectivity index (χ1n) is 5.76. The highest BCUT2D eigenvalue weighted by molar-refractivity contribution is 7.09. The molecule has 1 aliphatic rings. The minimum Gasteiger partial charge on any atom is -0.481 e. The van der Waals surface area contributed by atoms with Crippen LogP contribution in [0.3, 0.4) is 0 Å². The van der Waals surface area contributed by atoms with Crippen LogP contribution in [0.5, 0.6) is 0 Å². The molecule has 0 aromatic carbocycles. The van der Waals surface area contributed by atoms with Crippen molar-refractivity contribution in [2.75, 3.05) is 0 Å². The van der Waals surface area contributed by atoms with E-state index in [0.29, 0.717) is 0 Å². The summed E-state index contributed by atoms with van der Waals surface area (Å²) in [6, 6.07) is 0. The lowest BCUT2D eigenvalue weighted by Crippen LogP contribution is -2.28. The van der Waals surface area contributed by atoms with Crippen LogP contribution in [0.4, 0.5) is 0 Å². The molecule has 1 heterocycles. The predicted molar refractivity (Wildman–Crippen MR) is 63.7 cm³/mol. The molecule has 1 fully saturated rings. The van der Waals surface area contributed by atoms with Crippen molar-refractivity contribution in [1.29, 1.82) is 0 Å². The molecule has 0 radical (unpaired) electrons. The summed E-state index contributed by atoms with van der Waals surface area (Å²) >= 11 is 1.64. The molecule has 0 unspecified atom stereocenters. The Morgan fingerprint density at radius 2 is 2.25 bits per heavy atom. The summed E-state index contributed by atoms with van der Waals surface area (Å²) in [6.07, 6.45) is 5.45. The number of thiazole rings is 1. The van der Waals surface area contributed by atoms with Gasteiger partial charge in [0.1, 0.15) is 0 Å². The molecule has 4 heteroatoms. The topological polar surface area (TPSA) is 50.2 Å². The van der Waals surface area contributed by atoms with Crippen LogP contribution in [-0.2, 0) is 11.2 Å². The van der Waals surface area contributed by atoms with E-state index in [1.165, 1.54) is 4.88 Å². The number of hydrogen-bond acceptors (Lipinski definition) is 3. The van der Waals surface area contributed by atoms with Crippen LogP contribution in [0.2, 0.25) is 0 Å². The maximum Gasteiger partial charge on any atom is 0.309 e. The third-order valence-corrected chi connectivity index (χ3v) is 4.68. The summed E-state index contributed by atoms with van der Waals surface area (Å²) in [5, 5.41) is 9.35. The van der Waals surface area contributed by atoms with Crippen LogP contribution >= 0.6 is 11.3 Å². The number of hydrogen-bond donors (Lipinski definition) is 1. The predicted octanol–water partition coefficient (Wildman–Crippen LogP) is 3.03. The highest BCUT2D eigenvalue weighted by Crippen LogP contribution is 2.42. The Balaban J connectivity index is 2.03. The summed E-state index contributed by atoms with van der Waals surface area (Å²) in [5.41, 5.74) is 2.45.